The fourth-order valence-corrected chi connectivity index (χ4v) is 4.28. The third-order valence-corrected chi connectivity index (χ3v) is 5.60. The Morgan fingerprint density at radius 1 is 1.21 bits per heavy atom. The van der Waals surface area contributed by atoms with Crippen molar-refractivity contribution in [1.82, 2.24) is 4.98 Å². The summed E-state index contributed by atoms with van der Waals surface area (Å²) in [6, 6.07) is 12.7. The molecule has 3 rings (SSSR count). The highest BCUT2D eigenvalue weighted by Crippen LogP contribution is 2.29. The average molecular weight is 420 g/mol. The van der Waals surface area contributed by atoms with Crippen LogP contribution in [0.25, 0.3) is 10.2 Å². The zero-order valence-corrected chi connectivity index (χ0v) is 17.2. The minimum Gasteiger partial charge on any atom is -0.494 e. The topological polar surface area (TPSA) is 97.4 Å². The van der Waals surface area contributed by atoms with E-state index in [-0.39, 0.29) is 5.91 Å². The lowest BCUT2D eigenvalue weighted by Crippen LogP contribution is -2.13. The van der Waals surface area contributed by atoms with Crippen molar-refractivity contribution in [2.45, 2.75) is 19.3 Å². The molecule has 0 aliphatic rings. The second-order valence-electron chi connectivity index (χ2n) is 6.27. The Morgan fingerprint density at radius 2 is 2.00 bits per heavy atom. The molecule has 0 spiro atoms. The van der Waals surface area contributed by atoms with E-state index < -0.39 is 10.0 Å². The van der Waals surface area contributed by atoms with E-state index >= 15 is 0 Å². The summed E-state index contributed by atoms with van der Waals surface area (Å²) in [7, 11) is -1.98. The molecule has 9 heteroatoms. The summed E-state index contributed by atoms with van der Waals surface area (Å²) < 4.78 is 31.5. The van der Waals surface area contributed by atoms with Crippen LogP contribution in [0, 0.1) is 0 Å². The Morgan fingerprint density at radius 3 is 2.71 bits per heavy atom. The van der Waals surface area contributed by atoms with Crippen molar-refractivity contribution in [2.75, 3.05) is 23.4 Å². The molecule has 2 aromatic carbocycles. The number of anilines is 2. The summed E-state index contributed by atoms with van der Waals surface area (Å²) in [5, 5.41) is 3.83. The standard InChI is InChI=1S/C19H21N3O4S2/c1-26-16-12-13(10-11-14(16)22-28(2,24)25)20-18(23)8-5-9-19-21-15-6-3-4-7-17(15)27-19/h3-4,6-7,10-12,22H,5,8-9H2,1-2H3,(H,20,23). The minimum atomic E-state index is -3.42. The molecular formula is C19H21N3O4S2. The van der Waals surface area contributed by atoms with Gasteiger partial charge in [0.25, 0.3) is 0 Å². The number of ether oxygens (including phenoxy) is 1. The van der Waals surface area contributed by atoms with Crippen LogP contribution in [0.2, 0.25) is 0 Å². The molecule has 0 aliphatic heterocycles. The monoisotopic (exact) mass is 419 g/mol. The third-order valence-electron chi connectivity index (χ3n) is 3.91. The van der Waals surface area contributed by atoms with Crippen molar-refractivity contribution < 1.29 is 17.9 Å². The highest BCUT2D eigenvalue weighted by atomic mass is 32.2. The van der Waals surface area contributed by atoms with E-state index in [4.69, 9.17) is 4.74 Å². The zero-order chi connectivity index (χ0) is 20.1. The molecule has 1 aromatic heterocycles. The number of aromatic nitrogens is 1. The predicted octanol–water partition coefficient (Wildman–Crippen LogP) is 3.64. The summed E-state index contributed by atoms with van der Waals surface area (Å²) in [6.07, 6.45) is 2.86. The van der Waals surface area contributed by atoms with E-state index in [9.17, 15) is 13.2 Å². The molecular weight excluding hydrogens is 398 g/mol. The van der Waals surface area contributed by atoms with E-state index in [1.807, 2.05) is 24.3 Å². The molecule has 0 bridgehead atoms. The number of nitrogens with zero attached hydrogens (tertiary/aromatic N) is 1. The number of aryl methyl sites for hydroxylation is 1. The first kappa shape index (κ1) is 20.1. The van der Waals surface area contributed by atoms with Crippen LogP contribution in [0.15, 0.2) is 42.5 Å². The van der Waals surface area contributed by atoms with Gasteiger partial charge >= 0.3 is 0 Å². The molecule has 0 saturated heterocycles. The third kappa shape index (κ3) is 5.43. The summed E-state index contributed by atoms with van der Waals surface area (Å²) >= 11 is 1.65. The number of rotatable bonds is 8. The van der Waals surface area contributed by atoms with Gasteiger partial charge < -0.3 is 10.1 Å². The van der Waals surface area contributed by atoms with Gasteiger partial charge in [-0.3, -0.25) is 9.52 Å². The Balaban J connectivity index is 1.55. The van der Waals surface area contributed by atoms with Crippen LogP contribution in [-0.2, 0) is 21.2 Å². The fraction of sp³-hybridized carbons (Fsp3) is 0.263. The van der Waals surface area contributed by atoms with E-state index in [2.05, 4.69) is 15.0 Å². The van der Waals surface area contributed by atoms with Crippen molar-refractivity contribution in [3.8, 4) is 5.75 Å². The number of carbonyl (C=O) groups is 1. The van der Waals surface area contributed by atoms with Gasteiger partial charge in [-0.1, -0.05) is 12.1 Å². The van der Waals surface area contributed by atoms with Crippen LogP contribution in [0.5, 0.6) is 5.75 Å². The number of methoxy groups -OCH3 is 1. The molecule has 0 atom stereocenters. The quantitative estimate of drug-likeness (QED) is 0.581. The van der Waals surface area contributed by atoms with Gasteiger partial charge in [0.1, 0.15) is 5.75 Å². The van der Waals surface area contributed by atoms with E-state index in [0.29, 0.717) is 30.0 Å². The van der Waals surface area contributed by atoms with E-state index in [1.165, 1.54) is 7.11 Å². The first-order valence-corrected chi connectivity index (χ1v) is 11.3. The molecule has 0 saturated carbocycles. The minimum absolute atomic E-state index is 0.119. The molecule has 0 aliphatic carbocycles. The Labute approximate surface area is 167 Å². The largest absolute Gasteiger partial charge is 0.494 e. The summed E-state index contributed by atoms with van der Waals surface area (Å²) in [4.78, 5) is 16.8. The van der Waals surface area contributed by atoms with E-state index in [1.54, 1.807) is 29.5 Å². The number of nitrogens with one attached hydrogen (secondary N) is 2. The predicted molar refractivity (Wildman–Crippen MR) is 113 cm³/mol. The molecule has 28 heavy (non-hydrogen) atoms. The van der Waals surface area contributed by atoms with Crippen molar-refractivity contribution >= 4 is 48.9 Å². The first-order chi connectivity index (χ1) is 13.3. The zero-order valence-electron chi connectivity index (χ0n) is 15.6. The number of hydrogen-bond donors (Lipinski definition) is 2. The van der Waals surface area contributed by atoms with Gasteiger partial charge in [0.15, 0.2) is 0 Å². The van der Waals surface area contributed by atoms with Gasteiger partial charge in [-0.25, -0.2) is 13.4 Å². The van der Waals surface area contributed by atoms with Crippen LogP contribution < -0.4 is 14.8 Å². The maximum Gasteiger partial charge on any atom is 0.229 e. The molecule has 148 valence electrons. The van der Waals surface area contributed by atoms with Gasteiger partial charge in [-0.15, -0.1) is 11.3 Å². The average Bonchev–Trinajstić information content (AvgIpc) is 3.04. The lowest BCUT2D eigenvalue weighted by molar-refractivity contribution is -0.116. The Bertz CT molecular complexity index is 1060. The highest BCUT2D eigenvalue weighted by Gasteiger charge is 2.11. The van der Waals surface area contributed by atoms with Crippen LogP contribution in [0.1, 0.15) is 17.8 Å². The highest BCUT2D eigenvalue weighted by molar-refractivity contribution is 7.92. The SMILES string of the molecule is COc1cc(NC(=O)CCCc2nc3ccccc3s2)ccc1NS(C)(=O)=O. The molecule has 1 amide bonds. The van der Waals surface area contributed by atoms with Crippen LogP contribution in [0.4, 0.5) is 11.4 Å². The van der Waals surface area contributed by atoms with Crippen molar-refractivity contribution in [1.29, 1.82) is 0 Å². The van der Waals surface area contributed by atoms with Gasteiger partial charge in [-0.2, -0.15) is 0 Å². The van der Waals surface area contributed by atoms with Crippen molar-refractivity contribution in [3.05, 3.63) is 47.5 Å². The van der Waals surface area contributed by atoms with Gasteiger partial charge in [0.2, 0.25) is 15.9 Å². The summed E-state index contributed by atoms with van der Waals surface area (Å²) in [6.45, 7) is 0. The number of hydrogen-bond acceptors (Lipinski definition) is 6. The van der Waals surface area contributed by atoms with Gasteiger partial charge in [0.05, 0.1) is 34.3 Å². The molecule has 2 N–H and O–H groups in total. The van der Waals surface area contributed by atoms with Crippen molar-refractivity contribution in [2.24, 2.45) is 0 Å². The maximum atomic E-state index is 12.2. The first-order valence-electron chi connectivity index (χ1n) is 8.64. The summed E-state index contributed by atoms with van der Waals surface area (Å²) in [5.41, 5.74) is 1.85. The molecule has 0 radical (unpaired) electrons. The van der Waals surface area contributed by atoms with E-state index in [0.717, 1.165) is 27.9 Å². The normalized spacial score (nSPS) is 11.4. The number of carbonyl (C=O) groups excluding carboxylic acids is 1. The molecule has 1 heterocycles. The maximum absolute atomic E-state index is 12.2. The number of fused-ring (bicyclic) bond motifs is 1. The lowest BCUT2D eigenvalue weighted by atomic mass is 10.2. The molecule has 0 unspecified atom stereocenters. The van der Waals surface area contributed by atoms with Crippen molar-refractivity contribution in [3.63, 3.8) is 0 Å². The van der Waals surface area contributed by atoms with Gasteiger partial charge in [-0.05, 0) is 37.1 Å². The van der Waals surface area contributed by atoms with Crippen LogP contribution >= 0.6 is 11.3 Å². The van der Waals surface area contributed by atoms with Gasteiger partial charge in [0, 0.05) is 18.2 Å². The molecule has 3 aromatic rings. The summed E-state index contributed by atoms with van der Waals surface area (Å²) in [5.74, 6) is 0.213. The number of amides is 1. The van der Waals surface area contributed by atoms with Crippen LogP contribution in [0.3, 0.4) is 0 Å². The number of para-hydroxylation sites is 1. The smallest absolute Gasteiger partial charge is 0.229 e. The lowest BCUT2D eigenvalue weighted by Gasteiger charge is -2.12. The van der Waals surface area contributed by atoms with Crippen LogP contribution in [-0.4, -0.2) is 32.7 Å². The Hall–Kier alpha value is -2.65. The number of thiazole rings is 1. The second kappa shape index (κ2) is 8.57. The molecule has 0 fully saturated rings. The Kier molecular flexibility index (Phi) is 6.15. The fourth-order valence-electron chi connectivity index (χ4n) is 2.70. The number of benzene rings is 2. The number of sulfonamides is 1. The second-order valence-corrected chi connectivity index (χ2v) is 9.13. The molecule has 7 nitrogen and oxygen atoms in total.